The van der Waals surface area contributed by atoms with Crippen molar-refractivity contribution in [3.63, 3.8) is 0 Å². The van der Waals surface area contributed by atoms with Gasteiger partial charge in [-0.15, -0.1) is 0 Å². The van der Waals surface area contributed by atoms with Crippen LogP contribution in [0.2, 0.25) is 5.02 Å². The van der Waals surface area contributed by atoms with E-state index in [0.717, 1.165) is 31.7 Å². The van der Waals surface area contributed by atoms with Crippen molar-refractivity contribution in [2.75, 3.05) is 45.8 Å². The van der Waals surface area contributed by atoms with E-state index in [2.05, 4.69) is 9.89 Å². The van der Waals surface area contributed by atoms with Gasteiger partial charge in [-0.3, -0.25) is 19.5 Å². The van der Waals surface area contributed by atoms with Gasteiger partial charge in [0.2, 0.25) is 11.8 Å². The van der Waals surface area contributed by atoms with Crippen molar-refractivity contribution >= 4 is 29.3 Å². The second-order valence-corrected chi connectivity index (χ2v) is 9.23. The average Bonchev–Trinajstić information content (AvgIpc) is 2.84. The summed E-state index contributed by atoms with van der Waals surface area (Å²) in [6, 6.07) is 16.9. The minimum atomic E-state index is -0.256. The van der Waals surface area contributed by atoms with E-state index < -0.39 is 0 Å². The largest absolute Gasteiger partial charge is 0.439 e. The topological polar surface area (TPSA) is 65.5 Å². The van der Waals surface area contributed by atoms with Crippen molar-refractivity contribution in [3.8, 4) is 5.75 Å². The maximum atomic E-state index is 12.9. The summed E-state index contributed by atoms with van der Waals surface area (Å²) >= 11 is 5.99. The summed E-state index contributed by atoms with van der Waals surface area (Å²) in [6.45, 7) is 4.94. The molecule has 3 heterocycles. The van der Waals surface area contributed by atoms with Crippen molar-refractivity contribution in [1.29, 1.82) is 0 Å². The molecule has 0 saturated carbocycles. The Balaban J connectivity index is 1.06. The molecule has 0 bridgehead atoms. The fourth-order valence-electron chi connectivity index (χ4n) is 4.53. The molecule has 3 aliphatic heterocycles. The number of dihydropyridines is 1. The predicted molar refractivity (Wildman–Crippen MR) is 131 cm³/mol. The van der Waals surface area contributed by atoms with E-state index in [9.17, 15) is 9.59 Å². The van der Waals surface area contributed by atoms with Crippen LogP contribution in [0.15, 0.2) is 71.7 Å². The minimum absolute atomic E-state index is 0.0917. The number of likely N-dealkylation sites (tertiary alicyclic amines) is 1. The molecule has 0 radical (unpaired) electrons. The van der Waals surface area contributed by atoms with Crippen LogP contribution in [0.5, 0.6) is 5.75 Å². The van der Waals surface area contributed by atoms with Gasteiger partial charge < -0.3 is 14.5 Å². The van der Waals surface area contributed by atoms with Gasteiger partial charge in [0, 0.05) is 55.9 Å². The van der Waals surface area contributed by atoms with Crippen molar-refractivity contribution in [1.82, 2.24) is 14.7 Å². The molecule has 8 heteroatoms. The summed E-state index contributed by atoms with van der Waals surface area (Å²) < 4.78 is 5.73. The summed E-state index contributed by atoms with van der Waals surface area (Å²) in [4.78, 5) is 36.2. The second kappa shape index (κ2) is 9.99. The highest BCUT2D eigenvalue weighted by Gasteiger charge is 2.38. The summed E-state index contributed by atoms with van der Waals surface area (Å²) in [5, 5.41) is 0.600. The van der Waals surface area contributed by atoms with Crippen LogP contribution in [-0.4, -0.2) is 84.3 Å². The zero-order valence-electron chi connectivity index (χ0n) is 18.8. The fourth-order valence-corrected chi connectivity index (χ4v) is 4.71. The molecule has 2 amide bonds. The van der Waals surface area contributed by atoms with Crippen molar-refractivity contribution in [2.45, 2.75) is 6.04 Å². The molecule has 1 unspecified atom stereocenters. The van der Waals surface area contributed by atoms with E-state index in [1.165, 1.54) is 0 Å². The number of hydrogen-bond donors (Lipinski definition) is 0. The monoisotopic (exact) mass is 478 g/mol. The molecule has 2 saturated heterocycles. The number of hydrogen-bond acceptors (Lipinski definition) is 5. The molecule has 0 N–H and O–H groups in total. The lowest BCUT2D eigenvalue weighted by molar-refractivity contribution is -0.141. The van der Waals surface area contributed by atoms with E-state index in [1.807, 2.05) is 58.3 Å². The molecular formula is C26H27ClN4O3. The van der Waals surface area contributed by atoms with Gasteiger partial charge in [0.15, 0.2) is 0 Å². The number of halogens is 1. The number of benzene rings is 2. The van der Waals surface area contributed by atoms with Gasteiger partial charge in [-0.05, 0) is 36.4 Å². The van der Waals surface area contributed by atoms with E-state index in [4.69, 9.17) is 16.3 Å². The fraction of sp³-hybridized carbons (Fsp3) is 0.346. The molecule has 2 fully saturated rings. The Labute approximate surface area is 204 Å². The number of rotatable bonds is 4. The molecule has 5 rings (SSSR count). The number of nitrogens with zero attached hydrogens (tertiary/aromatic N) is 4. The smallest absolute Gasteiger partial charge is 0.253 e. The number of amides is 2. The molecule has 2 aromatic rings. The third kappa shape index (κ3) is 5.00. The third-order valence-corrected chi connectivity index (χ3v) is 6.80. The Morgan fingerprint density at radius 2 is 1.71 bits per heavy atom. The van der Waals surface area contributed by atoms with Gasteiger partial charge in [-0.25, -0.2) is 0 Å². The molecule has 0 spiro atoms. The molecule has 7 nitrogen and oxygen atoms in total. The molecule has 176 valence electrons. The van der Waals surface area contributed by atoms with Crippen LogP contribution in [-0.2, 0) is 4.79 Å². The Morgan fingerprint density at radius 3 is 2.38 bits per heavy atom. The zero-order valence-corrected chi connectivity index (χ0v) is 19.6. The molecule has 0 aliphatic carbocycles. The van der Waals surface area contributed by atoms with Gasteiger partial charge in [-0.2, -0.15) is 0 Å². The standard InChI is InChI=1S/C26H27ClN4O3/c27-21-7-4-8-23(15-21)34-24-10-9-20(16-28-24)26(33)31-17-22(18-31)29-11-13-30(14-12-29)25(32)19-5-2-1-3-6-19/h1-10,15,20,22H,11-14,16-18H2. The Bertz CT molecular complexity index is 1110. The van der Waals surface area contributed by atoms with Crippen LogP contribution in [0, 0.1) is 5.92 Å². The lowest BCUT2D eigenvalue weighted by atomic mass is 9.99. The van der Waals surface area contributed by atoms with Gasteiger partial charge in [0.1, 0.15) is 5.75 Å². The SMILES string of the molecule is O=C(c1ccccc1)N1CCN(C2CN(C(=O)C3C=CC(Oc4cccc(Cl)c4)=NC3)C2)CC1. The Hall–Kier alpha value is -3.16. The third-order valence-electron chi connectivity index (χ3n) is 6.56. The lowest BCUT2D eigenvalue weighted by Gasteiger charge is -2.48. The van der Waals surface area contributed by atoms with Crippen molar-refractivity contribution in [3.05, 3.63) is 77.3 Å². The summed E-state index contributed by atoms with van der Waals surface area (Å²) in [6.07, 6.45) is 3.63. The first-order valence-corrected chi connectivity index (χ1v) is 12.0. The number of ether oxygens (including phenoxy) is 1. The molecular weight excluding hydrogens is 452 g/mol. The zero-order chi connectivity index (χ0) is 23.5. The van der Waals surface area contributed by atoms with Crippen LogP contribution in [0.1, 0.15) is 10.4 Å². The van der Waals surface area contributed by atoms with Crippen LogP contribution in [0.4, 0.5) is 0 Å². The van der Waals surface area contributed by atoms with Crippen LogP contribution < -0.4 is 4.74 Å². The highest BCUT2D eigenvalue weighted by molar-refractivity contribution is 6.30. The maximum absolute atomic E-state index is 12.9. The van der Waals surface area contributed by atoms with Gasteiger partial charge in [0.25, 0.3) is 5.91 Å². The van der Waals surface area contributed by atoms with E-state index in [1.54, 1.807) is 18.2 Å². The first-order valence-electron chi connectivity index (χ1n) is 11.6. The highest BCUT2D eigenvalue weighted by Crippen LogP contribution is 2.23. The molecule has 34 heavy (non-hydrogen) atoms. The number of aliphatic imine (C=N–C) groups is 1. The van der Waals surface area contributed by atoms with Gasteiger partial charge >= 0.3 is 0 Å². The molecule has 3 aliphatic rings. The number of carbonyl (C=O) groups excluding carboxylic acids is 2. The summed E-state index contributed by atoms with van der Waals surface area (Å²) in [5.74, 6) is 1.05. The molecule has 1 atom stereocenters. The van der Waals surface area contributed by atoms with E-state index >= 15 is 0 Å². The first-order chi connectivity index (χ1) is 16.6. The molecule has 2 aromatic carbocycles. The summed E-state index contributed by atoms with van der Waals surface area (Å²) in [7, 11) is 0. The predicted octanol–water partition coefficient (Wildman–Crippen LogP) is 2.97. The van der Waals surface area contributed by atoms with Gasteiger partial charge in [0.05, 0.1) is 12.5 Å². The average molecular weight is 479 g/mol. The second-order valence-electron chi connectivity index (χ2n) is 8.80. The first kappa shape index (κ1) is 22.6. The van der Waals surface area contributed by atoms with Crippen LogP contribution in [0.3, 0.4) is 0 Å². The number of carbonyl (C=O) groups is 2. The van der Waals surface area contributed by atoms with Gasteiger partial charge in [-0.1, -0.05) is 41.9 Å². The van der Waals surface area contributed by atoms with Crippen molar-refractivity contribution < 1.29 is 14.3 Å². The lowest BCUT2D eigenvalue weighted by Crippen LogP contribution is -2.65. The normalized spacial score (nSPS) is 21.1. The van der Waals surface area contributed by atoms with Crippen molar-refractivity contribution in [2.24, 2.45) is 10.9 Å². The Morgan fingerprint density at radius 1 is 0.941 bits per heavy atom. The quantitative estimate of drug-likeness (QED) is 0.677. The number of piperazine rings is 1. The maximum Gasteiger partial charge on any atom is 0.253 e. The van der Waals surface area contributed by atoms with E-state index in [0.29, 0.717) is 42.3 Å². The minimum Gasteiger partial charge on any atom is -0.439 e. The van der Waals surface area contributed by atoms with Crippen LogP contribution >= 0.6 is 11.6 Å². The Kier molecular flexibility index (Phi) is 6.65. The van der Waals surface area contributed by atoms with Crippen LogP contribution in [0.25, 0.3) is 0 Å². The van der Waals surface area contributed by atoms with E-state index in [-0.39, 0.29) is 17.7 Å². The molecule has 0 aromatic heterocycles. The summed E-state index contributed by atoms with van der Waals surface area (Å²) in [5.41, 5.74) is 0.737. The highest BCUT2D eigenvalue weighted by atomic mass is 35.5.